The molecule has 0 N–H and O–H groups in total. The molecule has 0 amide bonds. The van der Waals surface area contributed by atoms with Crippen LogP contribution in [0.4, 0.5) is 0 Å². The minimum absolute atomic E-state index is 0. The first-order valence-corrected chi connectivity index (χ1v) is 1.85. The second-order valence-corrected chi connectivity index (χ2v) is 1.02. The maximum absolute atomic E-state index is 3.78. The van der Waals surface area contributed by atoms with Crippen LogP contribution in [0.15, 0.2) is 24.4 Å². The van der Waals surface area contributed by atoms with E-state index < -0.39 is 0 Å². The molecule has 0 saturated carbocycles. The topological polar surface area (TPSA) is 14.1 Å². The van der Waals surface area contributed by atoms with Crippen molar-refractivity contribution < 1.29 is 24.0 Å². The fraction of sp³-hybridized carbons (Fsp3) is 0. The smallest absolute Gasteiger partial charge is 0.242 e. The average Bonchev–Trinajstić information content (AvgIpc) is 1.72. The monoisotopic (exact) mass is 206 g/mol. The molecular weight excluding hydrogens is 201 g/mol. The van der Waals surface area contributed by atoms with Gasteiger partial charge in [0.2, 0.25) is 12.4 Å². The van der Waals surface area contributed by atoms with Gasteiger partial charge in [-0.3, -0.25) is 0 Å². The first-order chi connectivity index (χ1) is 3.00. The Kier molecular flexibility index (Phi) is 3.98. The van der Waals surface area contributed by atoms with Crippen LogP contribution < -0.4 is 29.0 Å². The Morgan fingerprint density at radius 3 is 2.00 bits per heavy atom. The van der Waals surface area contributed by atoms with Gasteiger partial charge in [-0.2, -0.15) is 0 Å². The van der Waals surface area contributed by atoms with E-state index in [1.807, 2.05) is 18.2 Å². The van der Waals surface area contributed by atoms with Crippen LogP contribution in [-0.2, 0) is 0 Å². The summed E-state index contributed by atoms with van der Waals surface area (Å²) in [5.41, 5.74) is 0. The van der Waals surface area contributed by atoms with Crippen molar-refractivity contribution in [2.75, 3.05) is 0 Å². The molecule has 0 aromatic rings. The van der Waals surface area contributed by atoms with Crippen molar-refractivity contribution in [1.82, 2.24) is 4.99 Å². The van der Waals surface area contributed by atoms with Gasteiger partial charge in [0.25, 0.3) is 0 Å². The summed E-state index contributed by atoms with van der Waals surface area (Å²) in [5, 5.41) is 0. The van der Waals surface area contributed by atoms with E-state index in [4.69, 9.17) is 0 Å². The first kappa shape index (κ1) is 6.88. The molecule has 1 nitrogen and oxygen atoms in total. The van der Waals surface area contributed by atoms with Crippen molar-refractivity contribution in [3.8, 4) is 0 Å². The zero-order chi connectivity index (χ0) is 4.24. The zero-order valence-electron chi connectivity index (χ0n) is 3.71. The molecule has 37 valence electrons. The van der Waals surface area contributed by atoms with Crippen LogP contribution in [-0.4, -0.2) is 6.21 Å². The van der Waals surface area contributed by atoms with E-state index in [1.54, 1.807) is 12.4 Å². The van der Waals surface area contributed by atoms with Crippen molar-refractivity contribution in [3.05, 3.63) is 24.4 Å². The molecule has 0 aromatic heterocycles. The van der Waals surface area contributed by atoms with Gasteiger partial charge in [0.15, 0.2) is 0 Å². The predicted octanol–water partition coefficient (Wildman–Crippen LogP) is -2.52. The number of halogens is 1. The minimum Gasteiger partial charge on any atom is -1.00 e. The van der Waals surface area contributed by atoms with Crippen LogP contribution in [0.2, 0.25) is 0 Å². The molecule has 0 spiro atoms. The van der Waals surface area contributed by atoms with Gasteiger partial charge in [-0.1, -0.05) is 0 Å². The Morgan fingerprint density at radius 2 is 1.86 bits per heavy atom. The second kappa shape index (κ2) is 4.05. The molecule has 1 rings (SSSR count). The van der Waals surface area contributed by atoms with Crippen LogP contribution >= 0.6 is 0 Å². The Bertz CT molecular complexity index is 77.5. The largest absolute Gasteiger partial charge is 1.00 e. The summed E-state index contributed by atoms with van der Waals surface area (Å²) in [6.07, 6.45) is 9.22. The second-order valence-electron chi connectivity index (χ2n) is 1.02. The molecule has 2 heteroatoms. The average molecular weight is 206 g/mol. The van der Waals surface area contributed by atoms with Gasteiger partial charge in [-0.15, -0.1) is 0 Å². The SMILES string of the molecule is C1=CC=[N+]C=C1.[I-]. The summed E-state index contributed by atoms with van der Waals surface area (Å²) < 4.78 is 0. The van der Waals surface area contributed by atoms with Crippen molar-refractivity contribution in [2.45, 2.75) is 0 Å². The molecular formula is C5H5IN. The lowest BCUT2D eigenvalue weighted by Gasteiger charge is -1.63. The van der Waals surface area contributed by atoms with E-state index >= 15 is 0 Å². The van der Waals surface area contributed by atoms with E-state index in [0.717, 1.165) is 0 Å². The summed E-state index contributed by atoms with van der Waals surface area (Å²) in [6, 6.07) is 0. The molecule has 0 bridgehead atoms. The van der Waals surface area contributed by atoms with Crippen LogP contribution in [0, 0.1) is 0 Å². The fourth-order valence-electron chi connectivity index (χ4n) is 0.313. The Morgan fingerprint density at radius 1 is 1.00 bits per heavy atom. The van der Waals surface area contributed by atoms with E-state index in [0.29, 0.717) is 0 Å². The predicted molar refractivity (Wildman–Crippen MR) is 26.5 cm³/mol. The van der Waals surface area contributed by atoms with Crippen molar-refractivity contribution in [3.63, 3.8) is 0 Å². The van der Waals surface area contributed by atoms with Crippen molar-refractivity contribution in [2.24, 2.45) is 0 Å². The number of hydrogen-bond donors (Lipinski definition) is 0. The maximum atomic E-state index is 3.78. The highest BCUT2D eigenvalue weighted by Crippen LogP contribution is 1.74. The highest BCUT2D eigenvalue weighted by Gasteiger charge is 1.80. The van der Waals surface area contributed by atoms with Gasteiger partial charge in [-0.05, 0) is 6.08 Å². The third-order valence-electron chi connectivity index (χ3n) is 0.566. The normalized spacial score (nSPS) is 13.7. The summed E-state index contributed by atoms with van der Waals surface area (Å²) >= 11 is 0. The van der Waals surface area contributed by atoms with Crippen molar-refractivity contribution >= 4 is 6.21 Å². The molecule has 1 heterocycles. The van der Waals surface area contributed by atoms with Gasteiger partial charge < -0.3 is 24.0 Å². The molecule has 0 atom stereocenters. The molecule has 0 aliphatic carbocycles. The zero-order valence-corrected chi connectivity index (χ0v) is 5.87. The quantitative estimate of drug-likeness (QED) is 0.388. The molecule has 1 radical (unpaired) electrons. The van der Waals surface area contributed by atoms with Crippen molar-refractivity contribution in [1.29, 1.82) is 0 Å². The molecule has 0 saturated heterocycles. The van der Waals surface area contributed by atoms with Gasteiger partial charge in [0.05, 0.1) is 4.99 Å². The van der Waals surface area contributed by atoms with Gasteiger partial charge in [0, 0.05) is 12.2 Å². The Labute approximate surface area is 59.9 Å². The summed E-state index contributed by atoms with van der Waals surface area (Å²) in [6.45, 7) is 0. The molecule has 0 aromatic carbocycles. The highest BCUT2D eigenvalue weighted by atomic mass is 127. The molecule has 0 unspecified atom stereocenters. The third-order valence-corrected chi connectivity index (χ3v) is 0.566. The van der Waals surface area contributed by atoms with E-state index in [1.165, 1.54) is 0 Å². The van der Waals surface area contributed by atoms with Gasteiger partial charge in [0.1, 0.15) is 0 Å². The Hall–Kier alpha value is -0.120. The van der Waals surface area contributed by atoms with E-state index in [-0.39, 0.29) is 24.0 Å². The lowest BCUT2D eigenvalue weighted by atomic mass is 10.4. The van der Waals surface area contributed by atoms with E-state index in [2.05, 4.69) is 4.99 Å². The van der Waals surface area contributed by atoms with Crippen LogP contribution in [0.3, 0.4) is 0 Å². The molecule has 1 aliphatic rings. The lowest BCUT2D eigenvalue weighted by Crippen LogP contribution is -3.00. The van der Waals surface area contributed by atoms with Gasteiger partial charge in [-0.25, -0.2) is 0 Å². The standard InChI is InChI=1S/C5H5N.HI/c1-2-4-6-5-3-1;/h1-5H;1H/q+1;/p-1. The summed E-state index contributed by atoms with van der Waals surface area (Å²) in [5.74, 6) is 0. The first-order valence-electron chi connectivity index (χ1n) is 1.85. The highest BCUT2D eigenvalue weighted by molar-refractivity contribution is 5.71. The number of hydrogen-bond acceptors (Lipinski definition) is 1. The van der Waals surface area contributed by atoms with Crippen LogP contribution in [0.1, 0.15) is 0 Å². The number of rotatable bonds is 0. The maximum Gasteiger partial charge on any atom is 0.242 e. The minimum atomic E-state index is 0. The number of aliphatic imine (C=N–C) groups is 1. The lowest BCUT2D eigenvalue weighted by molar-refractivity contribution is -0.00000122. The molecule has 0 fully saturated rings. The summed E-state index contributed by atoms with van der Waals surface area (Å²) in [7, 11) is 0. The fourth-order valence-corrected chi connectivity index (χ4v) is 0.313. The van der Waals surface area contributed by atoms with Crippen LogP contribution in [0.25, 0.3) is 0 Å². The molecule has 1 aliphatic heterocycles. The third kappa shape index (κ3) is 2.56. The number of nitrogens with zero attached hydrogens (tertiary/aromatic N) is 1. The Balaban J connectivity index is 0.000000360. The van der Waals surface area contributed by atoms with E-state index in [9.17, 15) is 0 Å². The van der Waals surface area contributed by atoms with Gasteiger partial charge >= 0.3 is 0 Å². The molecule has 7 heavy (non-hydrogen) atoms. The van der Waals surface area contributed by atoms with Crippen LogP contribution in [0.5, 0.6) is 0 Å². The summed E-state index contributed by atoms with van der Waals surface area (Å²) in [4.78, 5) is 3.78. The number of allylic oxidation sites excluding steroid dienone is 3.